The van der Waals surface area contributed by atoms with E-state index in [0.717, 1.165) is 24.3 Å². The average molecular weight is 452 g/mol. The highest BCUT2D eigenvalue weighted by molar-refractivity contribution is 7.89. The number of piperidine rings is 1. The molecule has 0 saturated carbocycles. The summed E-state index contributed by atoms with van der Waals surface area (Å²) < 4.78 is 26.9. The number of nitrogens with one attached hydrogen (secondary N) is 1. The topological polar surface area (TPSA) is 89.6 Å². The summed E-state index contributed by atoms with van der Waals surface area (Å²) in [6, 6.07) is 5.85. The maximum atomic E-state index is 13.1. The molecule has 1 N–H and O–H groups in total. The molecule has 2 aliphatic rings. The number of carbonyl (C=O) groups is 1. The number of hydrogen-bond acceptors (Lipinski definition) is 5. The van der Waals surface area contributed by atoms with Crippen LogP contribution in [0.1, 0.15) is 18.4 Å². The minimum absolute atomic E-state index is 0.0435. The highest BCUT2D eigenvalue weighted by Crippen LogP contribution is 2.27. The number of aryl methyl sites for hydroxylation is 1. The molecule has 1 amide bonds. The number of benzene rings is 1. The Labute approximate surface area is 181 Å². The fraction of sp³-hybridized carbons (Fsp3) is 0.500. The number of amides is 1. The van der Waals surface area contributed by atoms with Gasteiger partial charge in [-0.3, -0.25) is 4.79 Å². The molecule has 1 aromatic heterocycles. The number of H-pyrrole nitrogens is 1. The summed E-state index contributed by atoms with van der Waals surface area (Å²) in [5.74, 6) is -0.266. The lowest BCUT2D eigenvalue weighted by molar-refractivity contribution is -0.137. The van der Waals surface area contributed by atoms with Gasteiger partial charge in [0.15, 0.2) is 5.03 Å². The van der Waals surface area contributed by atoms with Crippen LogP contribution in [0, 0.1) is 12.8 Å². The van der Waals surface area contributed by atoms with Crippen LogP contribution in [0.5, 0.6) is 0 Å². The number of imidazole rings is 1. The van der Waals surface area contributed by atoms with Gasteiger partial charge in [0.1, 0.15) is 0 Å². The highest BCUT2D eigenvalue weighted by atomic mass is 35.5. The molecule has 0 aliphatic carbocycles. The largest absolute Gasteiger partial charge is 0.368 e. The lowest BCUT2D eigenvalue weighted by atomic mass is 9.97. The minimum atomic E-state index is -3.65. The molecule has 4 rings (SSSR count). The molecule has 162 valence electrons. The van der Waals surface area contributed by atoms with E-state index in [1.54, 1.807) is 0 Å². The molecule has 2 aromatic rings. The SMILES string of the molecule is Cc1ccc(Cl)cc1N1CCN(C(=O)[C@H]2CCCN(S(=O)(=O)c3cnc[nH]3)C2)CC1. The second kappa shape index (κ2) is 8.56. The summed E-state index contributed by atoms with van der Waals surface area (Å²) in [5, 5.41) is 0.774. The molecule has 0 bridgehead atoms. The van der Waals surface area contributed by atoms with Crippen molar-refractivity contribution < 1.29 is 13.2 Å². The van der Waals surface area contributed by atoms with Crippen molar-refractivity contribution in [3.8, 4) is 0 Å². The molecule has 8 nitrogen and oxygen atoms in total. The van der Waals surface area contributed by atoms with E-state index in [-0.39, 0.29) is 23.4 Å². The maximum Gasteiger partial charge on any atom is 0.260 e. The van der Waals surface area contributed by atoms with Gasteiger partial charge in [0, 0.05) is 50.0 Å². The summed E-state index contributed by atoms with van der Waals surface area (Å²) in [7, 11) is -3.65. The first-order valence-corrected chi connectivity index (χ1v) is 12.0. The quantitative estimate of drug-likeness (QED) is 0.769. The van der Waals surface area contributed by atoms with Crippen LogP contribution >= 0.6 is 11.6 Å². The number of halogens is 1. The maximum absolute atomic E-state index is 13.1. The number of aromatic amines is 1. The molecule has 0 unspecified atom stereocenters. The average Bonchev–Trinajstić information content (AvgIpc) is 3.31. The van der Waals surface area contributed by atoms with Gasteiger partial charge in [0.05, 0.1) is 18.4 Å². The second-order valence-electron chi connectivity index (χ2n) is 7.86. The summed E-state index contributed by atoms with van der Waals surface area (Å²) in [6.07, 6.45) is 4.03. The van der Waals surface area contributed by atoms with Crippen LogP contribution < -0.4 is 4.90 Å². The lowest BCUT2D eigenvalue weighted by Crippen LogP contribution is -2.53. The molecular formula is C20H26ClN5O3S. The van der Waals surface area contributed by atoms with Crippen molar-refractivity contribution in [2.75, 3.05) is 44.2 Å². The Kier molecular flexibility index (Phi) is 6.04. The molecule has 0 spiro atoms. The van der Waals surface area contributed by atoms with Crippen molar-refractivity contribution >= 4 is 33.2 Å². The van der Waals surface area contributed by atoms with Crippen LogP contribution in [0.15, 0.2) is 35.7 Å². The van der Waals surface area contributed by atoms with Crippen molar-refractivity contribution in [2.24, 2.45) is 5.92 Å². The predicted molar refractivity (Wildman–Crippen MR) is 115 cm³/mol. The number of hydrogen-bond donors (Lipinski definition) is 1. The van der Waals surface area contributed by atoms with Crippen molar-refractivity contribution in [1.82, 2.24) is 19.2 Å². The lowest BCUT2D eigenvalue weighted by Gasteiger charge is -2.39. The van der Waals surface area contributed by atoms with E-state index in [2.05, 4.69) is 21.8 Å². The number of sulfonamides is 1. The smallest absolute Gasteiger partial charge is 0.260 e. The second-order valence-corrected chi connectivity index (χ2v) is 10.2. The molecule has 0 radical (unpaired) electrons. The van der Waals surface area contributed by atoms with E-state index >= 15 is 0 Å². The molecular weight excluding hydrogens is 426 g/mol. The van der Waals surface area contributed by atoms with Gasteiger partial charge >= 0.3 is 0 Å². The van der Waals surface area contributed by atoms with Crippen LogP contribution in [0.2, 0.25) is 5.02 Å². The summed E-state index contributed by atoms with van der Waals surface area (Å²) in [4.78, 5) is 23.7. The number of anilines is 1. The molecule has 1 atom stereocenters. The number of piperazine rings is 1. The molecule has 2 aliphatic heterocycles. The molecule has 1 aromatic carbocycles. The fourth-order valence-electron chi connectivity index (χ4n) is 4.23. The third-order valence-electron chi connectivity index (χ3n) is 5.93. The van der Waals surface area contributed by atoms with Gasteiger partial charge in [-0.25, -0.2) is 13.4 Å². The van der Waals surface area contributed by atoms with Crippen LogP contribution in [0.3, 0.4) is 0 Å². The van der Waals surface area contributed by atoms with Crippen molar-refractivity contribution in [3.05, 3.63) is 41.3 Å². The van der Waals surface area contributed by atoms with Gasteiger partial charge in [-0.1, -0.05) is 17.7 Å². The zero-order valence-electron chi connectivity index (χ0n) is 16.9. The first-order chi connectivity index (χ1) is 14.4. The van der Waals surface area contributed by atoms with Gasteiger partial charge in [-0.2, -0.15) is 4.31 Å². The van der Waals surface area contributed by atoms with Crippen LogP contribution in [-0.4, -0.2) is 72.8 Å². The van der Waals surface area contributed by atoms with Crippen molar-refractivity contribution in [2.45, 2.75) is 24.8 Å². The fourth-order valence-corrected chi connectivity index (χ4v) is 5.82. The summed E-state index contributed by atoms with van der Waals surface area (Å²) in [5.41, 5.74) is 2.26. The number of rotatable bonds is 4. The van der Waals surface area contributed by atoms with E-state index in [1.165, 1.54) is 16.8 Å². The van der Waals surface area contributed by atoms with Crippen LogP contribution in [-0.2, 0) is 14.8 Å². The Balaban J connectivity index is 1.39. The highest BCUT2D eigenvalue weighted by Gasteiger charge is 2.36. The third-order valence-corrected chi connectivity index (χ3v) is 7.95. The van der Waals surface area contributed by atoms with Gasteiger partial charge in [0.2, 0.25) is 5.91 Å². The van der Waals surface area contributed by atoms with Crippen molar-refractivity contribution in [3.63, 3.8) is 0 Å². The number of carbonyl (C=O) groups excluding carboxylic acids is 1. The Morgan fingerprint density at radius 1 is 1.20 bits per heavy atom. The first-order valence-electron chi connectivity index (χ1n) is 10.1. The monoisotopic (exact) mass is 451 g/mol. The van der Waals surface area contributed by atoms with Crippen LogP contribution in [0.25, 0.3) is 0 Å². The zero-order valence-corrected chi connectivity index (χ0v) is 18.5. The van der Waals surface area contributed by atoms with E-state index < -0.39 is 10.0 Å². The predicted octanol–water partition coefficient (Wildman–Crippen LogP) is 2.12. The zero-order chi connectivity index (χ0) is 21.3. The van der Waals surface area contributed by atoms with E-state index in [0.29, 0.717) is 37.5 Å². The normalized spacial score (nSPS) is 21.1. The Morgan fingerprint density at radius 3 is 2.67 bits per heavy atom. The minimum Gasteiger partial charge on any atom is -0.368 e. The van der Waals surface area contributed by atoms with Gasteiger partial charge in [-0.05, 0) is 37.5 Å². The molecule has 2 saturated heterocycles. The Hall–Kier alpha value is -2.10. The van der Waals surface area contributed by atoms with Gasteiger partial charge in [-0.15, -0.1) is 0 Å². The standard InChI is InChI=1S/C20H26ClN5O3S/c1-15-4-5-17(21)11-18(15)24-7-9-25(10-8-24)20(27)16-3-2-6-26(13-16)30(28,29)19-12-22-14-23-19/h4-5,11-12,14,16H,2-3,6-10,13H2,1H3,(H,22,23)/t16-/m0/s1. The van der Waals surface area contributed by atoms with E-state index in [4.69, 9.17) is 11.6 Å². The van der Waals surface area contributed by atoms with Gasteiger partial charge in [0.25, 0.3) is 10.0 Å². The molecule has 3 heterocycles. The van der Waals surface area contributed by atoms with Crippen LogP contribution in [0.4, 0.5) is 5.69 Å². The first kappa shape index (κ1) is 21.1. The Bertz CT molecular complexity index is 1000. The molecule has 10 heteroatoms. The Morgan fingerprint density at radius 2 is 1.97 bits per heavy atom. The number of aromatic nitrogens is 2. The van der Waals surface area contributed by atoms with Gasteiger partial charge < -0.3 is 14.8 Å². The molecule has 30 heavy (non-hydrogen) atoms. The van der Waals surface area contributed by atoms with Crippen molar-refractivity contribution in [1.29, 1.82) is 0 Å². The third kappa shape index (κ3) is 4.19. The molecule has 2 fully saturated rings. The number of nitrogens with zero attached hydrogens (tertiary/aromatic N) is 4. The van der Waals surface area contributed by atoms with E-state index in [1.807, 2.05) is 23.1 Å². The summed E-state index contributed by atoms with van der Waals surface area (Å²) in [6.45, 7) is 5.40. The summed E-state index contributed by atoms with van der Waals surface area (Å²) >= 11 is 6.15. The van der Waals surface area contributed by atoms with E-state index in [9.17, 15) is 13.2 Å².